The van der Waals surface area contributed by atoms with Crippen LogP contribution in [0.1, 0.15) is 12.8 Å². The van der Waals surface area contributed by atoms with Gasteiger partial charge < -0.3 is 15.6 Å². The molecule has 0 aliphatic heterocycles. The second-order valence-electron chi connectivity index (χ2n) is 4.00. The van der Waals surface area contributed by atoms with Crippen LogP contribution in [0.4, 0.5) is 0 Å². The summed E-state index contributed by atoms with van der Waals surface area (Å²) in [5.41, 5.74) is 6.10. The van der Waals surface area contributed by atoms with Crippen LogP contribution in [0.3, 0.4) is 0 Å². The number of amides is 1. The molecule has 1 atom stereocenters. The van der Waals surface area contributed by atoms with Gasteiger partial charge in [-0.05, 0) is 19.1 Å². The van der Waals surface area contributed by atoms with Crippen LogP contribution >= 0.6 is 11.6 Å². The van der Waals surface area contributed by atoms with E-state index in [1.807, 2.05) is 12.1 Å². The van der Waals surface area contributed by atoms with Crippen molar-refractivity contribution in [2.45, 2.75) is 19.5 Å². The molecule has 3 N–H and O–H groups in total. The zero-order valence-electron chi connectivity index (χ0n) is 10.3. The quantitative estimate of drug-likeness (QED) is 0.882. The van der Waals surface area contributed by atoms with Crippen molar-refractivity contribution in [1.29, 1.82) is 0 Å². The lowest BCUT2D eigenvalue weighted by atomic mass is 10.2. The van der Waals surface area contributed by atoms with Crippen molar-refractivity contribution in [3.05, 3.63) is 35.2 Å². The van der Waals surface area contributed by atoms with Gasteiger partial charge >= 0.3 is 0 Å². The van der Waals surface area contributed by atoms with Crippen LogP contribution in [0.5, 0.6) is 0 Å². The maximum absolute atomic E-state index is 11.3. The summed E-state index contributed by atoms with van der Waals surface area (Å²) in [6.45, 7) is 1.73. The van der Waals surface area contributed by atoms with E-state index in [0.29, 0.717) is 22.3 Å². The van der Waals surface area contributed by atoms with Gasteiger partial charge in [0, 0.05) is 5.56 Å². The Kier molecular flexibility index (Phi) is 4.13. The number of hydrogen-bond acceptors (Lipinski definition) is 5. The summed E-state index contributed by atoms with van der Waals surface area (Å²) in [7, 11) is 0. The Balaban J connectivity index is 2.08. The maximum atomic E-state index is 11.3. The van der Waals surface area contributed by atoms with E-state index < -0.39 is 6.04 Å². The molecule has 7 heteroatoms. The lowest BCUT2D eigenvalue weighted by molar-refractivity contribution is -0.122. The smallest absolute Gasteiger partial charge is 0.246 e. The fourth-order valence-electron chi connectivity index (χ4n) is 1.40. The molecule has 0 saturated heterocycles. The Labute approximate surface area is 114 Å². The van der Waals surface area contributed by atoms with Gasteiger partial charge in [0.1, 0.15) is 0 Å². The average molecular weight is 281 g/mol. The number of benzene rings is 1. The van der Waals surface area contributed by atoms with Crippen molar-refractivity contribution < 1.29 is 9.32 Å². The fraction of sp³-hybridized carbons (Fsp3) is 0.250. The third-order valence-electron chi connectivity index (χ3n) is 2.41. The first-order valence-electron chi connectivity index (χ1n) is 5.68. The molecule has 1 heterocycles. The van der Waals surface area contributed by atoms with E-state index in [1.165, 1.54) is 0 Å². The predicted molar refractivity (Wildman–Crippen MR) is 70.2 cm³/mol. The number of nitrogens with zero attached hydrogens (tertiary/aromatic N) is 2. The molecular formula is C12H13ClN4O2. The van der Waals surface area contributed by atoms with Gasteiger partial charge in [0.15, 0.2) is 0 Å². The SMILES string of the molecule is CC(N)C(=O)NCc1nc(-c2ccccc2Cl)no1. The van der Waals surface area contributed by atoms with Gasteiger partial charge in [0.05, 0.1) is 17.6 Å². The summed E-state index contributed by atoms with van der Waals surface area (Å²) in [6, 6.07) is 6.60. The maximum Gasteiger partial charge on any atom is 0.246 e. The van der Waals surface area contributed by atoms with Crippen LogP contribution in [-0.2, 0) is 11.3 Å². The Hall–Kier alpha value is -1.92. The molecule has 0 radical (unpaired) electrons. The van der Waals surface area contributed by atoms with Crippen LogP contribution in [0, 0.1) is 0 Å². The molecule has 0 saturated carbocycles. The largest absolute Gasteiger partial charge is 0.346 e. The molecule has 1 aromatic heterocycles. The normalized spacial score (nSPS) is 12.2. The van der Waals surface area contributed by atoms with Crippen molar-refractivity contribution in [1.82, 2.24) is 15.5 Å². The Bertz CT molecular complexity index is 583. The van der Waals surface area contributed by atoms with Crippen LogP contribution in [-0.4, -0.2) is 22.1 Å². The molecule has 0 spiro atoms. The summed E-state index contributed by atoms with van der Waals surface area (Å²) in [5.74, 6) is 0.400. The van der Waals surface area contributed by atoms with Gasteiger partial charge in [-0.1, -0.05) is 28.9 Å². The second kappa shape index (κ2) is 5.81. The minimum Gasteiger partial charge on any atom is -0.346 e. The zero-order chi connectivity index (χ0) is 13.8. The van der Waals surface area contributed by atoms with Crippen LogP contribution in [0.2, 0.25) is 5.02 Å². The van der Waals surface area contributed by atoms with Gasteiger partial charge in [0.25, 0.3) is 0 Å². The number of carbonyl (C=O) groups excluding carboxylic acids is 1. The van der Waals surface area contributed by atoms with E-state index in [-0.39, 0.29) is 12.5 Å². The van der Waals surface area contributed by atoms with E-state index in [0.717, 1.165) is 0 Å². The van der Waals surface area contributed by atoms with Crippen molar-refractivity contribution in [3.63, 3.8) is 0 Å². The molecule has 1 aromatic carbocycles. The Morgan fingerprint density at radius 1 is 1.53 bits per heavy atom. The highest BCUT2D eigenvalue weighted by Gasteiger charge is 2.13. The highest BCUT2D eigenvalue weighted by molar-refractivity contribution is 6.33. The van der Waals surface area contributed by atoms with Crippen molar-refractivity contribution >= 4 is 17.5 Å². The number of hydrogen-bond donors (Lipinski definition) is 2. The molecule has 0 fully saturated rings. The Morgan fingerprint density at radius 3 is 2.95 bits per heavy atom. The number of aromatic nitrogens is 2. The van der Waals surface area contributed by atoms with Gasteiger partial charge in [-0.2, -0.15) is 4.98 Å². The van der Waals surface area contributed by atoms with E-state index in [4.69, 9.17) is 21.9 Å². The number of nitrogens with two attached hydrogens (primary N) is 1. The number of nitrogens with one attached hydrogen (secondary N) is 1. The number of halogens is 1. The minimum absolute atomic E-state index is 0.137. The predicted octanol–water partition coefficient (Wildman–Crippen LogP) is 1.35. The van der Waals surface area contributed by atoms with Crippen molar-refractivity contribution in [2.75, 3.05) is 0 Å². The molecule has 1 amide bonds. The molecule has 2 rings (SSSR count). The first-order valence-corrected chi connectivity index (χ1v) is 6.06. The summed E-state index contributed by atoms with van der Waals surface area (Å²) in [6.07, 6.45) is 0. The molecule has 100 valence electrons. The van der Waals surface area contributed by atoms with E-state index in [1.54, 1.807) is 19.1 Å². The Morgan fingerprint density at radius 2 is 2.26 bits per heavy atom. The van der Waals surface area contributed by atoms with Gasteiger partial charge in [-0.3, -0.25) is 4.79 Å². The second-order valence-corrected chi connectivity index (χ2v) is 4.41. The van der Waals surface area contributed by atoms with E-state index >= 15 is 0 Å². The molecule has 1 unspecified atom stereocenters. The third kappa shape index (κ3) is 3.30. The zero-order valence-corrected chi connectivity index (χ0v) is 11.0. The third-order valence-corrected chi connectivity index (χ3v) is 2.74. The standard InChI is InChI=1S/C12H13ClN4O2/c1-7(14)12(18)15-6-10-16-11(17-19-10)8-4-2-3-5-9(8)13/h2-5,7H,6,14H2,1H3,(H,15,18). The van der Waals surface area contributed by atoms with Crippen molar-refractivity contribution in [3.8, 4) is 11.4 Å². The van der Waals surface area contributed by atoms with Crippen LogP contribution in [0.15, 0.2) is 28.8 Å². The summed E-state index contributed by atoms with van der Waals surface area (Å²) >= 11 is 6.03. The molecule has 2 aromatic rings. The first-order chi connectivity index (χ1) is 9.08. The topological polar surface area (TPSA) is 94.0 Å². The van der Waals surface area contributed by atoms with E-state index in [9.17, 15) is 4.79 Å². The van der Waals surface area contributed by atoms with Crippen LogP contribution in [0.25, 0.3) is 11.4 Å². The van der Waals surface area contributed by atoms with Gasteiger partial charge in [-0.25, -0.2) is 0 Å². The number of carbonyl (C=O) groups is 1. The fourth-order valence-corrected chi connectivity index (χ4v) is 1.62. The summed E-state index contributed by atoms with van der Waals surface area (Å²) < 4.78 is 5.03. The van der Waals surface area contributed by atoms with Crippen molar-refractivity contribution in [2.24, 2.45) is 5.73 Å². The van der Waals surface area contributed by atoms with E-state index in [2.05, 4.69) is 15.5 Å². The molecule has 0 bridgehead atoms. The first kappa shape index (κ1) is 13.5. The minimum atomic E-state index is -0.578. The van der Waals surface area contributed by atoms with Gasteiger partial charge in [0.2, 0.25) is 17.6 Å². The number of rotatable bonds is 4. The van der Waals surface area contributed by atoms with Gasteiger partial charge in [-0.15, -0.1) is 0 Å². The molecule has 0 aliphatic carbocycles. The van der Waals surface area contributed by atoms with Crippen LogP contribution < -0.4 is 11.1 Å². The monoisotopic (exact) mass is 280 g/mol. The lowest BCUT2D eigenvalue weighted by Crippen LogP contribution is -2.37. The molecule has 0 aliphatic rings. The highest BCUT2D eigenvalue weighted by Crippen LogP contribution is 2.24. The molecule has 19 heavy (non-hydrogen) atoms. The summed E-state index contributed by atoms with van der Waals surface area (Å²) in [4.78, 5) is 15.5. The summed E-state index contributed by atoms with van der Waals surface area (Å²) in [5, 5.41) is 6.94. The average Bonchev–Trinajstić information content (AvgIpc) is 2.85. The molecular weight excluding hydrogens is 268 g/mol. The lowest BCUT2D eigenvalue weighted by Gasteiger charge is -2.03. The highest BCUT2D eigenvalue weighted by atomic mass is 35.5. The molecule has 6 nitrogen and oxygen atoms in total.